The Labute approximate surface area is 180 Å². The van der Waals surface area contributed by atoms with E-state index in [0.717, 1.165) is 23.1 Å². The molecule has 2 amide bonds. The van der Waals surface area contributed by atoms with Crippen LogP contribution in [0.15, 0.2) is 42.5 Å². The van der Waals surface area contributed by atoms with Crippen LogP contribution in [-0.4, -0.2) is 35.9 Å². The number of ether oxygens (including phenoxy) is 1. The molecule has 0 aliphatic heterocycles. The van der Waals surface area contributed by atoms with E-state index in [-0.39, 0.29) is 18.4 Å². The van der Waals surface area contributed by atoms with Crippen molar-refractivity contribution in [3.63, 3.8) is 0 Å². The van der Waals surface area contributed by atoms with Gasteiger partial charge in [-0.2, -0.15) is 0 Å². The van der Waals surface area contributed by atoms with Crippen LogP contribution in [0, 0.1) is 20.8 Å². The molecule has 5 heteroatoms. The minimum atomic E-state index is -0.534. The molecule has 1 atom stereocenters. The third-order valence-corrected chi connectivity index (χ3v) is 5.21. The van der Waals surface area contributed by atoms with Crippen molar-refractivity contribution < 1.29 is 14.3 Å². The quantitative estimate of drug-likeness (QED) is 0.634. The first-order valence-electron chi connectivity index (χ1n) is 10.7. The maximum Gasteiger partial charge on any atom is 0.261 e. The van der Waals surface area contributed by atoms with Gasteiger partial charge in [0.15, 0.2) is 6.61 Å². The zero-order valence-electron chi connectivity index (χ0n) is 18.8. The van der Waals surface area contributed by atoms with Crippen molar-refractivity contribution in [3.8, 4) is 5.75 Å². The van der Waals surface area contributed by atoms with Crippen LogP contribution in [0.1, 0.15) is 48.9 Å². The first kappa shape index (κ1) is 23.5. The van der Waals surface area contributed by atoms with E-state index < -0.39 is 6.04 Å². The standard InChI is InChI=1S/C25H34N2O3/c1-6-13-26-25(29)23(7-2)27(16-21-10-8-9-18(3)14-21)24(28)17-30-22-12-11-19(4)20(5)15-22/h8-12,14-15,23H,6-7,13,16-17H2,1-5H3,(H,26,29)/t23-/m0/s1. The Kier molecular flexibility index (Phi) is 8.90. The van der Waals surface area contributed by atoms with E-state index in [1.165, 1.54) is 5.56 Å². The number of amides is 2. The molecule has 0 aliphatic carbocycles. The Bertz CT molecular complexity index is 863. The van der Waals surface area contributed by atoms with Gasteiger partial charge in [0.25, 0.3) is 5.91 Å². The lowest BCUT2D eigenvalue weighted by molar-refractivity contribution is -0.143. The average molecular weight is 411 g/mol. The molecule has 2 aromatic carbocycles. The van der Waals surface area contributed by atoms with Gasteiger partial charge in [0.05, 0.1) is 0 Å². The summed E-state index contributed by atoms with van der Waals surface area (Å²) < 4.78 is 5.78. The molecule has 0 aliphatic rings. The normalized spacial score (nSPS) is 11.6. The molecule has 0 saturated heterocycles. The molecule has 2 aromatic rings. The second kappa shape index (κ2) is 11.4. The molecule has 0 aromatic heterocycles. The van der Waals surface area contributed by atoms with Gasteiger partial charge in [0, 0.05) is 13.1 Å². The summed E-state index contributed by atoms with van der Waals surface area (Å²) in [5.41, 5.74) is 4.40. The summed E-state index contributed by atoms with van der Waals surface area (Å²) in [5, 5.41) is 2.93. The number of hydrogen-bond acceptors (Lipinski definition) is 3. The topological polar surface area (TPSA) is 58.6 Å². The summed E-state index contributed by atoms with van der Waals surface area (Å²) in [6, 6.07) is 13.3. The molecule has 2 rings (SSSR count). The number of rotatable bonds is 10. The molecular formula is C25H34N2O3. The van der Waals surface area contributed by atoms with Gasteiger partial charge in [-0.25, -0.2) is 0 Å². The first-order valence-corrected chi connectivity index (χ1v) is 10.7. The van der Waals surface area contributed by atoms with Gasteiger partial charge < -0.3 is 15.0 Å². The van der Waals surface area contributed by atoms with Crippen LogP contribution in [0.3, 0.4) is 0 Å². The summed E-state index contributed by atoms with van der Waals surface area (Å²) in [7, 11) is 0. The summed E-state index contributed by atoms with van der Waals surface area (Å²) in [4.78, 5) is 27.5. The smallest absolute Gasteiger partial charge is 0.261 e. The van der Waals surface area contributed by atoms with Crippen LogP contribution in [-0.2, 0) is 16.1 Å². The zero-order valence-corrected chi connectivity index (χ0v) is 18.8. The second-order valence-corrected chi connectivity index (χ2v) is 7.76. The molecule has 0 heterocycles. The zero-order chi connectivity index (χ0) is 22.1. The third-order valence-electron chi connectivity index (χ3n) is 5.21. The Hall–Kier alpha value is -2.82. The second-order valence-electron chi connectivity index (χ2n) is 7.76. The van der Waals surface area contributed by atoms with Crippen molar-refractivity contribution in [2.75, 3.05) is 13.2 Å². The van der Waals surface area contributed by atoms with Gasteiger partial charge in [-0.1, -0.05) is 49.7 Å². The highest BCUT2D eigenvalue weighted by Gasteiger charge is 2.28. The predicted molar refractivity (Wildman–Crippen MR) is 121 cm³/mol. The fraction of sp³-hybridized carbons (Fsp3) is 0.440. The molecule has 0 radical (unpaired) electrons. The van der Waals surface area contributed by atoms with E-state index in [2.05, 4.69) is 5.32 Å². The summed E-state index contributed by atoms with van der Waals surface area (Å²) in [6.45, 7) is 10.9. The van der Waals surface area contributed by atoms with Crippen LogP contribution in [0.4, 0.5) is 0 Å². The Morgan fingerprint density at radius 2 is 1.80 bits per heavy atom. The van der Waals surface area contributed by atoms with E-state index in [9.17, 15) is 9.59 Å². The summed E-state index contributed by atoms with van der Waals surface area (Å²) >= 11 is 0. The highest BCUT2D eigenvalue weighted by molar-refractivity contribution is 5.88. The lowest BCUT2D eigenvalue weighted by atomic mass is 10.1. The largest absolute Gasteiger partial charge is 0.484 e. The molecular weight excluding hydrogens is 376 g/mol. The first-order chi connectivity index (χ1) is 14.3. The Morgan fingerprint density at radius 1 is 1.03 bits per heavy atom. The van der Waals surface area contributed by atoms with Gasteiger partial charge in [-0.05, 0) is 62.4 Å². The molecule has 5 nitrogen and oxygen atoms in total. The monoisotopic (exact) mass is 410 g/mol. The number of carbonyl (C=O) groups excluding carboxylic acids is 2. The maximum absolute atomic E-state index is 13.2. The molecule has 0 saturated carbocycles. The van der Waals surface area contributed by atoms with Gasteiger partial charge >= 0.3 is 0 Å². The van der Waals surface area contributed by atoms with Gasteiger partial charge in [0.2, 0.25) is 5.91 Å². The molecule has 30 heavy (non-hydrogen) atoms. The van der Waals surface area contributed by atoms with Gasteiger partial charge in [-0.3, -0.25) is 9.59 Å². The van der Waals surface area contributed by atoms with E-state index in [4.69, 9.17) is 4.74 Å². The number of carbonyl (C=O) groups is 2. The Morgan fingerprint density at radius 3 is 2.43 bits per heavy atom. The predicted octanol–water partition coefficient (Wildman–Crippen LogP) is 4.32. The van der Waals surface area contributed by atoms with Crippen molar-refractivity contribution in [2.24, 2.45) is 0 Å². The van der Waals surface area contributed by atoms with E-state index in [1.807, 2.05) is 77.1 Å². The molecule has 1 N–H and O–H groups in total. The lowest BCUT2D eigenvalue weighted by Crippen LogP contribution is -2.50. The van der Waals surface area contributed by atoms with Crippen molar-refractivity contribution >= 4 is 11.8 Å². The average Bonchev–Trinajstić information content (AvgIpc) is 2.72. The van der Waals surface area contributed by atoms with Crippen molar-refractivity contribution in [3.05, 3.63) is 64.7 Å². The molecule has 0 spiro atoms. The van der Waals surface area contributed by atoms with Crippen molar-refractivity contribution in [2.45, 2.75) is 60.0 Å². The van der Waals surface area contributed by atoms with Crippen LogP contribution >= 0.6 is 0 Å². The summed E-state index contributed by atoms with van der Waals surface area (Å²) in [5.74, 6) is 0.338. The third kappa shape index (κ3) is 6.61. The fourth-order valence-electron chi connectivity index (χ4n) is 3.32. The molecule has 0 bridgehead atoms. The Balaban J connectivity index is 2.20. The van der Waals surface area contributed by atoms with Crippen LogP contribution in [0.2, 0.25) is 0 Å². The van der Waals surface area contributed by atoms with E-state index in [0.29, 0.717) is 25.3 Å². The van der Waals surface area contributed by atoms with Crippen LogP contribution < -0.4 is 10.1 Å². The van der Waals surface area contributed by atoms with Crippen LogP contribution in [0.5, 0.6) is 5.75 Å². The van der Waals surface area contributed by atoms with Gasteiger partial charge in [-0.15, -0.1) is 0 Å². The number of nitrogens with one attached hydrogen (secondary N) is 1. The van der Waals surface area contributed by atoms with E-state index in [1.54, 1.807) is 4.90 Å². The lowest BCUT2D eigenvalue weighted by Gasteiger charge is -2.30. The highest BCUT2D eigenvalue weighted by Crippen LogP contribution is 2.18. The highest BCUT2D eigenvalue weighted by atomic mass is 16.5. The molecule has 0 unspecified atom stereocenters. The van der Waals surface area contributed by atoms with Gasteiger partial charge in [0.1, 0.15) is 11.8 Å². The van der Waals surface area contributed by atoms with Crippen molar-refractivity contribution in [1.82, 2.24) is 10.2 Å². The van der Waals surface area contributed by atoms with E-state index >= 15 is 0 Å². The maximum atomic E-state index is 13.2. The number of aryl methyl sites for hydroxylation is 3. The number of benzene rings is 2. The minimum absolute atomic E-state index is 0.105. The minimum Gasteiger partial charge on any atom is -0.484 e. The number of hydrogen-bond donors (Lipinski definition) is 1. The van der Waals surface area contributed by atoms with Crippen LogP contribution in [0.25, 0.3) is 0 Å². The van der Waals surface area contributed by atoms with Crippen molar-refractivity contribution in [1.29, 1.82) is 0 Å². The summed E-state index contributed by atoms with van der Waals surface area (Å²) in [6.07, 6.45) is 1.39. The fourth-order valence-corrected chi connectivity index (χ4v) is 3.32. The molecule has 162 valence electrons. The number of nitrogens with zero attached hydrogens (tertiary/aromatic N) is 1. The SMILES string of the molecule is CCCNC(=O)[C@H](CC)N(Cc1cccc(C)c1)C(=O)COc1ccc(C)c(C)c1. The molecule has 0 fully saturated rings.